The van der Waals surface area contributed by atoms with Crippen molar-refractivity contribution in [1.82, 2.24) is 0 Å². The van der Waals surface area contributed by atoms with Gasteiger partial charge in [-0.2, -0.15) is 10.4 Å². The second-order valence-electron chi connectivity index (χ2n) is 4.88. The standard InChI is InChI=1S/C16H12N4O2/c17-11-15-10-16(12-4-2-1-3-5-12)18-19(15)13-6-8-14(9-7-13)20(21)22/h1-9,15H,10H2/t15-/m1/s1. The Hall–Kier alpha value is -3.20. The van der Waals surface area contributed by atoms with Crippen molar-refractivity contribution < 1.29 is 4.92 Å². The fourth-order valence-corrected chi connectivity index (χ4v) is 2.38. The summed E-state index contributed by atoms with van der Waals surface area (Å²) < 4.78 is 0. The average Bonchev–Trinajstić information content (AvgIpc) is 3.00. The number of non-ortho nitro benzene ring substituents is 1. The summed E-state index contributed by atoms with van der Waals surface area (Å²) in [4.78, 5) is 10.3. The van der Waals surface area contributed by atoms with E-state index < -0.39 is 11.0 Å². The van der Waals surface area contributed by atoms with E-state index in [1.807, 2.05) is 30.3 Å². The fourth-order valence-electron chi connectivity index (χ4n) is 2.38. The highest BCUT2D eigenvalue weighted by atomic mass is 16.6. The molecule has 0 bridgehead atoms. The van der Waals surface area contributed by atoms with Crippen molar-refractivity contribution in [2.24, 2.45) is 5.10 Å². The molecule has 1 atom stereocenters. The summed E-state index contributed by atoms with van der Waals surface area (Å²) in [7, 11) is 0. The zero-order valence-electron chi connectivity index (χ0n) is 11.6. The molecule has 0 amide bonds. The Morgan fingerprint density at radius 1 is 1.18 bits per heavy atom. The fraction of sp³-hybridized carbons (Fsp3) is 0.125. The quantitative estimate of drug-likeness (QED) is 0.643. The second kappa shape index (κ2) is 5.66. The maximum Gasteiger partial charge on any atom is 0.269 e. The van der Waals surface area contributed by atoms with Crippen molar-refractivity contribution in [1.29, 1.82) is 5.26 Å². The van der Waals surface area contributed by atoms with Crippen LogP contribution in [0.4, 0.5) is 11.4 Å². The predicted octanol–water partition coefficient (Wildman–Crippen LogP) is 3.10. The molecule has 1 heterocycles. The van der Waals surface area contributed by atoms with Gasteiger partial charge in [-0.05, 0) is 17.7 Å². The molecule has 22 heavy (non-hydrogen) atoms. The van der Waals surface area contributed by atoms with Crippen molar-refractivity contribution in [3.8, 4) is 6.07 Å². The van der Waals surface area contributed by atoms with Gasteiger partial charge in [0.2, 0.25) is 0 Å². The van der Waals surface area contributed by atoms with Crippen LogP contribution in [0.3, 0.4) is 0 Å². The molecule has 0 radical (unpaired) electrons. The molecule has 0 aromatic heterocycles. The van der Waals surface area contributed by atoms with Crippen molar-refractivity contribution in [2.45, 2.75) is 12.5 Å². The van der Waals surface area contributed by atoms with Crippen molar-refractivity contribution in [3.63, 3.8) is 0 Å². The SMILES string of the molecule is N#C[C@H]1CC(c2ccccc2)=NN1c1ccc([N+](=O)[O-])cc1. The van der Waals surface area contributed by atoms with Crippen molar-refractivity contribution in [3.05, 3.63) is 70.3 Å². The number of nitriles is 1. The van der Waals surface area contributed by atoms with Crippen LogP contribution < -0.4 is 5.01 Å². The number of hydrazone groups is 1. The molecule has 6 heteroatoms. The van der Waals surface area contributed by atoms with Gasteiger partial charge in [-0.1, -0.05) is 30.3 Å². The molecular formula is C16H12N4O2. The first-order valence-corrected chi connectivity index (χ1v) is 6.75. The first-order chi connectivity index (χ1) is 10.7. The van der Waals surface area contributed by atoms with Crippen LogP contribution in [-0.4, -0.2) is 16.7 Å². The van der Waals surface area contributed by atoms with E-state index in [2.05, 4.69) is 11.2 Å². The summed E-state index contributed by atoms with van der Waals surface area (Å²) in [5.41, 5.74) is 2.50. The monoisotopic (exact) mass is 292 g/mol. The van der Waals surface area contributed by atoms with Gasteiger partial charge in [-0.3, -0.25) is 10.1 Å². The molecule has 6 nitrogen and oxygen atoms in total. The number of hydrogen-bond acceptors (Lipinski definition) is 5. The number of nitro groups is 1. The van der Waals surface area contributed by atoms with Crippen LogP contribution in [0, 0.1) is 21.4 Å². The number of benzene rings is 2. The van der Waals surface area contributed by atoms with Gasteiger partial charge < -0.3 is 0 Å². The van der Waals surface area contributed by atoms with Gasteiger partial charge in [-0.25, -0.2) is 5.01 Å². The van der Waals surface area contributed by atoms with Gasteiger partial charge in [0, 0.05) is 18.6 Å². The smallest absolute Gasteiger partial charge is 0.258 e. The predicted molar refractivity (Wildman–Crippen MR) is 82.6 cm³/mol. The Balaban J connectivity index is 1.93. The zero-order valence-corrected chi connectivity index (χ0v) is 11.6. The number of anilines is 1. The Kier molecular flexibility index (Phi) is 3.54. The van der Waals surface area contributed by atoms with Crippen LogP contribution in [0.5, 0.6) is 0 Å². The molecule has 2 aromatic carbocycles. The van der Waals surface area contributed by atoms with Crippen LogP contribution in [0.1, 0.15) is 12.0 Å². The Morgan fingerprint density at radius 2 is 1.86 bits per heavy atom. The molecule has 108 valence electrons. The van der Waals surface area contributed by atoms with Gasteiger partial charge in [0.1, 0.15) is 6.04 Å². The highest BCUT2D eigenvalue weighted by Crippen LogP contribution is 2.28. The zero-order chi connectivity index (χ0) is 15.5. The molecule has 0 N–H and O–H groups in total. The highest BCUT2D eigenvalue weighted by molar-refractivity contribution is 6.03. The van der Waals surface area contributed by atoms with Crippen LogP contribution in [0.25, 0.3) is 0 Å². The lowest BCUT2D eigenvalue weighted by Gasteiger charge is -2.17. The molecule has 1 aliphatic rings. The molecule has 0 aliphatic carbocycles. The van der Waals surface area contributed by atoms with E-state index >= 15 is 0 Å². The largest absolute Gasteiger partial charge is 0.269 e. The maximum absolute atomic E-state index is 10.7. The number of rotatable bonds is 3. The minimum atomic E-state index is -0.450. The van der Waals surface area contributed by atoms with E-state index in [9.17, 15) is 15.4 Å². The highest BCUT2D eigenvalue weighted by Gasteiger charge is 2.28. The van der Waals surface area contributed by atoms with E-state index in [4.69, 9.17) is 0 Å². The molecule has 1 aliphatic heterocycles. The Bertz CT molecular complexity index is 763. The first kappa shape index (κ1) is 13.8. The summed E-state index contributed by atoms with van der Waals surface area (Å²) in [5.74, 6) is 0. The Labute approximate surface area is 127 Å². The van der Waals surface area contributed by atoms with Crippen LogP contribution >= 0.6 is 0 Å². The van der Waals surface area contributed by atoms with Gasteiger partial charge in [-0.15, -0.1) is 0 Å². The van der Waals surface area contributed by atoms with E-state index in [0.29, 0.717) is 12.1 Å². The van der Waals surface area contributed by atoms with Crippen molar-refractivity contribution in [2.75, 3.05) is 5.01 Å². The van der Waals surface area contributed by atoms with E-state index in [1.165, 1.54) is 12.1 Å². The lowest BCUT2D eigenvalue weighted by Crippen LogP contribution is -2.24. The van der Waals surface area contributed by atoms with E-state index in [-0.39, 0.29) is 5.69 Å². The summed E-state index contributed by atoms with van der Waals surface area (Å²) in [6.45, 7) is 0. The topological polar surface area (TPSA) is 82.5 Å². The molecule has 0 saturated heterocycles. The molecule has 0 spiro atoms. The van der Waals surface area contributed by atoms with Crippen LogP contribution in [0.2, 0.25) is 0 Å². The maximum atomic E-state index is 10.7. The lowest BCUT2D eigenvalue weighted by atomic mass is 10.0. The van der Waals surface area contributed by atoms with Crippen LogP contribution in [0.15, 0.2) is 59.7 Å². The number of nitro benzene ring substituents is 1. The minimum absolute atomic E-state index is 0.0173. The average molecular weight is 292 g/mol. The normalized spacial score (nSPS) is 17.0. The third kappa shape index (κ3) is 2.52. The third-order valence-electron chi connectivity index (χ3n) is 3.49. The van der Waals surface area contributed by atoms with Gasteiger partial charge >= 0.3 is 0 Å². The number of hydrogen-bond donors (Lipinski definition) is 0. The lowest BCUT2D eigenvalue weighted by molar-refractivity contribution is -0.384. The summed E-state index contributed by atoms with van der Waals surface area (Å²) >= 11 is 0. The van der Waals surface area contributed by atoms with E-state index in [1.54, 1.807) is 17.1 Å². The molecule has 0 fully saturated rings. The first-order valence-electron chi connectivity index (χ1n) is 6.75. The third-order valence-corrected chi connectivity index (χ3v) is 3.49. The van der Waals surface area contributed by atoms with Crippen LogP contribution in [-0.2, 0) is 0 Å². The summed E-state index contributed by atoms with van der Waals surface area (Å²) in [5, 5.41) is 26.2. The summed E-state index contributed by atoms with van der Waals surface area (Å²) in [6.07, 6.45) is 0.525. The van der Waals surface area contributed by atoms with E-state index in [0.717, 1.165) is 11.3 Å². The molecule has 3 rings (SSSR count). The number of nitrogens with zero attached hydrogens (tertiary/aromatic N) is 4. The Morgan fingerprint density at radius 3 is 2.45 bits per heavy atom. The molecule has 0 unspecified atom stereocenters. The molecule has 0 saturated carbocycles. The summed E-state index contributed by atoms with van der Waals surface area (Å²) in [6, 6.07) is 17.6. The second-order valence-corrected chi connectivity index (χ2v) is 4.88. The molecule has 2 aromatic rings. The molecular weight excluding hydrogens is 280 g/mol. The van der Waals surface area contributed by atoms with Gasteiger partial charge in [0.25, 0.3) is 5.69 Å². The van der Waals surface area contributed by atoms with Gasteiger partial charge in [0.05, 0.1) is 22.4 Å². The van der Waals surface area contributed by atoms with Gasteiger partial charge in [0.15, 0.2) is 0 Å². The minimum Gasteiger partial charge on any atom is -0.258 e. The van der Waals surface area contributed by atoms with Crippen molar-refractivity contribution >= 4 is 17.1 Å².